The lowest BCUT2D eigenvalue weighted by atomic mass is 9.90. The van der Waals surface area contributed by atoms with Crippen molar-refractivity contribution in [3.8, 4) is 73.1 Å². The van der Waals surface area contributed by atoms with Gasteiger partial charge in [-0.15, -0.1) is 0 Å². The van der Waals surface area contributed by atoms with E-state index < -0.39 is 29.0 Å². The van der Waals surface area contributed by atoms with Crippen LogP contribution in [0.15, 0.2) is 152 Å². The highest BCUT2D eigenvalue weighted by atomic mass is 19.4. The minimum atomic E-state index is -5.26. The average Bonchev–Trinajstić information content (AvgIpc) is 2.51. The fraction of sp³-hybridized carbons (Fsp3) is 0.187. The zero-order valence-corrected chi connectivity index (χ0v) is 49.0. The van der Waals surface area contributed by atoms with Gasteiger partial charge in [0, 0.05) is 32.7 Å². The predicted molar refractivity (Wildman–Crippen MR) is 334 cm³/mol. The van der Waals surface area contributed by atoms with Crippen molar-refractivity contribution >= 4 is 43.6 Å². The molecule has 84 heavy (non-hydrogen) atoms. The third-order valence-corrected chi connectivity index (χ3v) is 17.1. The summed E-state index contributed by atoms with van der Waals surface area (Å²) >= 11 is 0. The van der Waals surface area contributed by atoms with Gasteiger partial charge in [0.2, 0.25) is 0 Å². The quantitative estimate of drug-likeness (QED) is 0.146. The molecular weight excluding hydrogens is 1060 g/mol. The van der Waals surface area contributed by atoms with E-state index in [1.165, 1.54) is 12.1 Å². The maximum atomic E-state index is 16.1. The Balaban J connectivity index is 1.29. The summed E-state index contributed by atoms with van der Waals surface area (Å²) in [4.78, 5) is 0. The molecule has 0 N–H and O–H groups in total. The molecule has 2 heterocycles. The first-order valence-corrected chi connectivity index (χ1v) is 28.2. The number of benzene rings is 10. The number of aromatic nitrogens is 2. The van der Waals surface area contributed by atoms with Gasteiger partial charge in [0.25, 0.3) is 0 Å². The van der Waals surface area contributed by atoms with Gasteiger partial charge in [0.05, 0.1) is 50.1 Å². The van der Waals surface area contributed by atoms with Gasteiger partial charge >= 0.3 is 12.4 Å². The fourth-order valence-electron chi connectivity index (χ4n) is 14.3. The lowest BCUT2D eigenvalue weighted by Gasteiger charge is -2.24. The van der Waals surface area contributed by atoms with Crippen LogP contribution in [0.25, 0.3) is 111 Å². The predicted octanol–water partition coefficient (Wildman–Crippen LogP) is 21.8. The molecular formula is C75H61F6N3. The largest absolute Gasteiger partial charge is 0.417 e. The van der Waals surface area contributed by atoms with Gasteiger partial charge in [-0.2, -0.15) is 31.6 Å². The zero-order valence-electron chi connectivity index (χ0n) is 49.0. The Morgan fingerprint density at radius 2 is 0.595 bits per heavy atom. The Morgan fingerprint density at radius 1 is 0.321 bits per heavy atom. The second-order valence-electron chi connectivity index (χ2n) is 23.4. The van der Waals surface area contributed by atoms with Gasteiger partial charge in [-0.1, -0.05) is 125 Å². The van der Waals surface area contributed by atoms with E-state index in [1.54, 1.807) is 4.57 Å². The van der Waals surface area contributed by atoms with E-state index in [9.17, 15) is 5.26 Å². The van der Waals surface area contributed by atoms with E-state index in [0.717, 1.165) is 151 Å². The molecule has 0 radical (unpaired) electrons. The summed E-state index contributed by atoms with van der Waals surface area (Å²) in [5, 5.41) is 14.8. The first kappa shape index (κ1) is 55.4. The molecule has 12 aromatic rings. The number of aryl methyl sites for hydroxylation is 12. The van der Waals surface area contributed by atoms with E-state index in [-0.39, 0.29) is 22.5 Å². The van der Waals surface area contributed by atoms with Crippen molar-refractivity contribution in [1.82, 2.24) is 9.13 Å². The Hall–Kier alpha value is -9.13. The maximum Gasteiger partial charge on any atom is 0.417 e. The Bertz CT molecular complexity index is 4480. The fourth-order valence-corrected chi connectivity index (χ4v) is 14.3. The molecule has 0 amide bonds. The van der Waals surface area contributed by atoms with Crippen molar-refractivity contribution in [2.45, 2.75) is 95.4 Å². The van der Waals surface area contributed by atoms with Crippen LogP contribution in [0, 0.1) is 94.4 Å². The van der Waals surface area contributed by atoms with Crippen molar-refractivity contribution in [2.75, 3.05) is 0 Å². The molecule has 0 bridgehead atoms. The molecule has 3 nitrogen and oxygen atoms in total. The molecule has 0 atom stereocenters. The molecule has 0 spiro atoms. The summed E-state index contributed by atoms with van der Waals surface area (Å²) in [6, 6.07) is 48.6. The number of hydrogen-bond donors (Lipinski definition) is 0. The molecule has 2 aromatic heterocycles. The number of nitriles is 1. The van der Waals surface area contributed by atoms with Crippen LogP contribution in [0.1, 0.15) is 83.5 Å². The third kappa shape index (κ3) is 9.15. The van der Waals surface area contributed by atoms with E-state index in [0.29, 0.717) is 22.1 Å². The van der Waals surface area contributed by atoms with E-state index in [4.69, 9.17) is 0 Å². The number of fused-ring (bicyclic) bond motifs is 6. The molecule has 418 valence electrons. The van der Waals surface area contributed by atoms with Gasteiger partial charge in [-0.3, -0.25) is 0 Å². The number of alkyl halides is 6. The van der Waals surface area contributed by atoms with Gasteiger partial charge in [-0.05, 0) is 221 Å². The molecule has 10 aromatic carbocycles. The van der Waals surface area contributed by atoms with Crippen LogP contribution in [0.3, 0.4) is 0 Å². The summed E-state index contributed by atoms with van der Waals surface area (Å²) in [5.41, 5.74) is 17.8. The summed E-state index contributed by atoms with van der Waals surface area (Å²) < 4.78 is 100. The summed E-state index contributed by atoms with van der Waals surface area (Å²) in [6.45, 7) is 24.5. The van der Waals surface area contributed by atoms with Crippen LogP contribution in [-0.4, -0.2) is 9.13 Å². The van der Waals surface area contributed by atoms with E-state index in [1.807, 2.05) is 121 Å². The zero-order chi connectivity index (χ0) is 59.7. The number of nitrogens with zero attached hydrogens (tertiary/aromatic N) is 3. The Kier molecular flexibility index (Phi) is 13.2. The highest BCUT2D eigenvalue weighted by Crippen LogP contribution is 2.50. The standard InChI is InChI=1S/C75H61F6N3/c1-39-24-43(5)69(44(6)25-39)51-16-20-56-57-21-17-52(70-45(7)26-40(2)27-46(70)8)33-65(57)83(64(56)32-51)63-37-60(73-61(74(76,77)78)14-13-15-62(73)75(79,80)81)68(36-55(63)38-82)84-66-34-53(71-47(9)28-41(3)29-48(71)10)18-22-58(66)59-23-19-54(35-67(59)84)72-49(11)30-42(4)31-50(72)12/h13-37H,1-12H3. The van der Waals surface area contributed by atoms with Gasteiger partial charge < -0.3 is 9.13 Å². The molecule has 0 fully saturated rings. The summed E-state index contributed by atoms with van der Waals surface area (Å²) in [7, 11) is 0. The second-order valence-corrected chi connectivity index (χ2v) is 23.4. The van der Waals surface area contributed by atoms with Crippen LogP contribution in [0.5, 0.6) is 0 Å². The molecule has 12 rings (SSSR count). The molecule has 0 aliphatic carbocycles. The first-order chi connectivity index (χ1) is 39.8. The topological polar surface area (TPSA) is 33.6 Å². The third-order valence-electron chi connectivity index (χ3n) is 17.1. The normalized spacial score (nSPS) is 12.2. The van der Waals surface area contributed by atoms with Crippen molar-refractivity contribution < 1.29 is 26.3 Å². The minimum Gasteiger partial charge on any atom is -0.309 e. The summed E-state index contributed by atoms with van der Waals surface area (Å²) in [6.07, 6.45) is -10.5. The highest BCUT2D eigenvalue weighted by Gasteiger charge is 2.42. The van der Waals surface area contributed by atoms with Crippen molar-refractivity contribution in [2.24, 2.45) is 0 Å². The summed E-state index contributed by atoms with van der Waals surface area (Å²) in [5.74, 6) is 0. The van der Waals surface area contributed by atoms with Crippen molar-refractivity contribution in [1.29, 1.82) is 5.26 Å². The van der Waals surface area contributed by atoms with E-state index in [2.05, 4.69) is 94.4 Å². The van der Waals surface area contributed by atoms with Crippen LogP contribution in [-0.2, 0) is 12.4 Å². The first-order valence-electron chi connectivity index (χ1n) is 28.2. The minimum absolute atomic E-state index is 0.0274. The maximum absolute atomic E-state index is 16.1. The highest BCUT2D eigenvalue weighted by molar-refractivity contribution is 6.14. The van der Waals surface area contributed by atoms with Gasteiger partial charge in [0.15, 0.2) is 0 Å². The number of hydrogen-bond acceptors (Lipinski definition) is 1. The molecule has 0 unspecified atom stereocenters. The van der Waals surface area contributed by atoms with Crippen molar-refractivity contribution in [3.05, 3.63) is 235 Å². The van der Waals surface area contributed by atoms with Crippen LogP contribution in [0.4, 0.5) is 26.3 Å². The SMILES string of the molecule is Cc1cc(C)c(-c2ccc3c4ccc(-c5c(C)cc(C)cc5C)cc4n(-c4cc(-c5c(C(F)(F)F)cccc5C(F)(F)F)c(-n5c6cc(-c7c(C)cc(C)cc7C)ccc6c6ccc(-c7c(C)cc(C)cc7C)cc65)cc4C#N)c3c2)c(C)c1. The molecule has 9 heteroatoms. The number of halogens is 6. The second kappa shape index (κ2) is 20.1. The van der Waals surface area contributed by atoms with Crippen LogP contribution < -0.4 is 0 Å². The lowest BCUT2D eigenvalue weighted by Crippen LogP contribution is -2.15. The van der Waals surface area contributed by atoms with Crippen molar-refractivity contribution in [3.63, 3.8) is 0 Å². The van der Waals surface area contributed by atoms with Gasteiger partial charge in [0.1, 0.15) is 6.07 Å². The Labute approximate surface area is 485 Å². The van der Waals surface area contributed by atoms with Crippen LogP contribution >= 0.6 is 0 Å². The monoisotopic (exact) mass is 1120 g/mol. The molecule has 0 saturated carbocycles. The average molecular weight is 1120 g/mol. The Morgan fingerprint density at radius 3 is 0.857 bits per heavy atom. The molecule has 0 aliphatic heterocycles. The smallest absolute Gasteiger partial charge is 0.309 e. The lowest BCUT2D eigenvalue weighted by molar-refractivity contribution is -0.142. The van der Waals surface area contributed by atoms with E-state index >= 15 is 26.3 Å². The molecule has 0 saturated heterocycles. The number of rotatable bonds is 7. The molecule has 0 aliphatic rings. The van der Waals surface area contributed by atoms with Crippen LogP contribution in [0.2, 0.25) is 0 Å². The van der Waals surface area contributed by atoms with Gasteiger partial charge in [-0.25, -0.2) is 0 Å².